The third-order valence-corrected chi connectivity index (χ3v) is 8.47. The average molecular weight is 559 g/mol. The predicted octanol–water partition coefficient (Wildman–Crippen LogP) is 3.51. The Morgan fingerprint density at radius 2 is 1.50 bits per heavy atom. The van der Waals surface area contributed by atoms with Crippen LogP contribution in [-0.4, -0.2) is 58.5 Å². The number of carbonyl (C=O) groups excluding carboxylic acids is 4. The molecule has 206 valence electrons. The summed E-state index contributed by atoms with van der Waals surface area (Å²) in [6, 6.07) is 26.4. The molecule has 0 spiro atoms. The van der Waals surface area contributed by atoms with Crippen molar-refractivity contribution in [3.8, 4) is 0 Å². The van der Waals surface area contributed by atoms with E-state index in [0.29, 0.717) is 5.75 Å². The molecule has 2 amide bonds. The maximum atomic E-state index is 13.9. The van der Waals surface area contributed by atoms with E-state index in [0.717, 1.165) is 16.7 Å². The van der Waals surface area contributed by atoms with Gasteiger partial charge in [0.05, 0.1) is 13.0 Å². The van der Waals surface area contributed by atoms with Crippen LogP contribution in [-0.2, 0) is 35.1 Å². The number of rotatable bonds is 9. The van der Waals surface area contributed by atoms with Crippen LogP contribution in [0.25, 0.3) is 0 Å². The van der Waals surface area contributed by atoms with Crippen LogP contribution in [0.5, 0.6) is 0 Å². The van der Waals surface area contributed by atoms with Gasteiger partial charge in [0, 0.05) is 18.6 Å². The van der Waals surface area contributed by atoms with Gasteiger partial charge in [0.15, 0.2) is 6.10 Å². The standard InChI is InChI=1S/C31H30N2O6S/c1-20(34)38-18-24-19-40-30-26(32-25(35)17-21-11-5-2-6-12-21)29(36)33(30)27(24)31(37)39-28(22-13-7-3-8-14-22)23-15-9-4-10-16-23/h2-16,24,26-28,30H,17-19H2,1H3,(H,32,35)/t24?,26?,27?,30-/m0/s1. The fraction of sp³-hybridized carbons (Fsp3) is 0.290. The monoisotopic (exact) mass is 558 g/mol. The highest BCUT2D eigenvalue weighted by atomic mass is 32.2. The van der Waals surface area contributed by atoms with Crippen LogP contribution >= 0.6 is 11.8 Å². The van der Waals surface area contributed by atoms with Crippen molar-refractivity contribution in [2.24, 2.45) is 5.92 Å². The van der Waals surface area contributed by atoms with Crippen LogP contribution in [0.2, 0.25) is 0 Å². The van der Waals surface area contributed by atoms with E-state index in [-0.39, 0.29) is 24.8 Å². The number of nitrogens with one attached hydrogen (secondary N) is 1. The molecule has 2 fully saturated rings. The van der Waals surface area contributed by atoms with Gasteiger partial charge in [-0.15, -0.1) is 11.8 Å². The molecule has 2 heterocycles. The molecule has 0 radical (unpaired) electrons. The summed E-state index contributed by atoms with van der Waals surface area (Å²) in [6.45, 7) is 1.28. The quantitative estimate of drug-likeness (QED) is 0.317. The second-order valence-corrected chi connectivity index (χ2v) is 11.0. The first kappa shape index (κ1) is 27.5. The number of ether oxygens (including phenoxy) is 2. The third kappa shape index (κ3) is 6.04. The smallest absolute Gasteiger partial charge is 0.330 e. The molecule has 0 saturated carbocycles. The van der Waals surface area contributed by atoms with Crippen molar-refractivity contribution in [2.45, 2.75) is 36.9 Å². The number of carbonyl (C=O) groups is 4. The van der Waals surface area contributed by atoms with Gasteiger partial charge in [-0.3, -0.25) is 14.4 Å². The predicted molar refractivity (Wildman–Crippen MR) is 150 cm³/mol. The van der Waals surface area contributed by atoms with E-state index in [2.05, 4.69) is 5.32 Å². The summed E-state index contributed by atoms with van der Waals surface area (Å²) >= 11 is 1.46. The van der Waals surface area contributed by atoms with Gasteiger partial charge >= 0.3 is 11.9 Å². The van der Waals surface area contributed by atoms with Crippen LogP contribution in [0.1, 0.15) is 29.7 Å². The highest BCUT2D eigenvalue weighted by Gasteiger charge is 2.58. The first-order valence-electron chi connectivity index (χ1n) is 13.1. The number of benzene rings is 3. The van der Waals surface area contributed by atoms with E-state index in [9.17, 15) is 19.2 Å². The molecule has 0 aromatic heterocycles. The van der Waals surface area contributed by atoms with Crippen molar-refractivity contribution in [3.05, 3.63) is 108 Å². The van der Waals surface area contributed by atoms with Gasteiger partial charge in [0.2, 0.25) is 11.8 Å². The van der Waals surface area contributed by atoms with Crippen LogP contribution in [0, 0.1) is 5.92 Å². The van der Waals surface area contributed by atoms with Crippen molar-refractivity contribution in [2.75, 3.05) is 12.4 Å². The fourth-order valence-electron chi connectivity index (χ4n) is 5.08. The maximum absolute atomic E-state index is 13.9. The molecule has 3 unspecified atom stereocenters. The molecule has 5 rings (SSSR count). The summed E-state index contributed by atoms with van der Waals surface area (Å²) in [5, 5.41) is 2.42. The molecular weight excluding hydrogens is 528 g/mol. The van der Waals surface area contributed by atoms with E-state index in [1.807, 2.05) is 91.0 Å². The first-order valence-corrected chi connectivity index (χ1v) is 14.2. The Bertz CT molecular complexity index is 1310. The van der Waals surface area contributed by atoms with Gasteiger partial charge in [-0.1, -0.05) is 91.0 Å². The molecular formula is C31H30N2O6S. The lowest BCUT2D eigenvalue weighted by molar-refractivity contribution is -0.172. The van der Waals surface area contributed by atoms with Crippen molar-refractivity contribution in [3.63, 3.8) is 0 Å². The Kier molecular flexibility index (Phi) is 8.50. The van der Waals surface area contributed by atoms with E-state index >= 15 is 0 Å². The summed E-state index contributed by atoms with van der Waals surface area (Å²) in [4.78, 5) is 53.0. The molecule has 9 heteroatoms. The highest BCUT2D eigenvalue weighted by Crippen LogP contribution is 2.42. The molecule has 2 aliphatic rings. The minimum absolute atomic E-state index is 0.0228. The van der Waals surface area contributed by atoms with Crippen molar-refractivity contribution in [1.82, 2.24) is 10.2 Å². The number of hydrogen-bond donors (Lipinski definition) is 1. The summed E-state index contributed by atoms with van der Waals surface area (Å²) in [5.74, 6) is -1.68. The van der Waals surface area contributed by atoms with Crippen molar-refractivity contribution < 1.29 is 28.7 Å². The van der Waals surface area contributed by atoms with Gasteiger partial charge < -0.3 is 19.7 Å². The number of esters is 2. The van der Waals surface area contributed by atoms with E-state index in [1.165, 1.54) is 23.6 Å². The zero-order valence-electron chi connectivity index (χ0n) is 22.0. The van der Waals surface area contributed by atoms with Crippen LogP contribution in [0.3, 0.4) is 0 Å². The Morgan fingerprint density at radius 1 is 0.925 bits per heavy atom. The van der Waals surface area contributed by atoms with Crippen LogP contribution in [0.15, 0.2) is 91.0 Å². The second-order valence-electron chi connectivity index (χ2n) is 9.82. The van der Waals surface area contributed by atoms with Gasteiger partial charge in [0.25, 0.3) is 0 Å². The molecule has 4 atom stereocenters. The topological polar surface area (TPSA) is 102 Å². The summed E-state index contributed by atoms with van der Waals surface area (Å²) in [6.07, 6.45) is -0.534. The minimum atomic E-state index is -0.963. The van der Waals surface area contributed by atoms with Crippen molar-refractivity contribution in [1.29, 1.82) is 0 Å². The Labute approximate surface area is 237 Å². The summed E-state index contributed by atoms with van der Waals surface area (Å²) in [7, 11) is 0. The summed E-state index contributed by atoms with van der Waals surface area (Å²) < 4.78 is 11.4. The number of nitrogens with zero attached hydrogens (tertiary/aromatic N) is 1. The number of β-lactam (4-membered cyclic amide) rings is 1. The average Bonchev–Trinajstić information content (AvgIpc) is 2.98. The second kappa shape index (κ2) is 12.4. The SMILES string of the molecule is CC(=O)OCC1CS[C@H]2C(NC(=O)Cc3ccccc3)C(=O)N2C1C(=O)OC(c1ccccc1)c1ccccc1. The van der Waals surface area contributed by atoms with E-state index in [4.69, 9.17) is 9.47 Å². The third-order valence-electron chi connectivity index (χ3n) is 7.01. The molecule has 3 aromatic carbocycles. The molecule has 1 N–H and O–H groups in total. The van der Waals surface area contributed by atoms with Gasteiger partial charge in [0.1, 0.15) is 17.5 Å². The molecule has 0 aliphatic carbocycles. The van der Waals surface area contributed by atoms with Gasteiger partial charge in [-0.05, 0) is 16.7 Å². The molecule has 2 saturated heterocycles. The van der Waals surface area contributed by atoms with E-state index < -0.39 is 41.4 Å². The number of amides is 2. The molecule has 0 bridgehead atoms. The number of fused-ring (bicyclic) bond motifs is 1. The first-order chi connectivity index (χ1) is 19.4. The molecule has 3 aromatic rings. The Morgan fingerprint density at radius 3 is 2.08 bits per heavy atom. The zero-order valence-corrected chi connectivity index (χ0v) is 22.8. The fourth-order valence-corrected chi connectivity index (χ4v) is 6.57. The minimum Gasteiger partial charge on any atom is -0.465 e. The number of hydrogen-bond acceptors (Lipinski definition) is 7. The van der Waals surface area contributed by atoms with Crippen LogP contribution < -0.4 is 5.32 Å². The van der Waals surface area contributed by atoms with Crippen molar-refractivity contribution >= 4 is 35.5 Å². The molecule has 2 aliphatic heterocycles. The Hall–Kier alpha value is -4.11. The largest absolute Gasteiger partial charge is 0.465 e. The zero-order chi connectivity index (χ0) is 28.1. The Balaban J connectivity index is 1.35. The van der Waals surface area contributed by atoms with Gasteiger partial charge in [-0.2, -0.15) is 0 Å². The number of thioether (sulfide) groups is 1. The van der Waals surface area contributed by atoms with E-state index in [1.54, 1.807) is 0 Å². The van der Waals surface area contributed by atoms with Crippen LogP contribution in [0.4, 0.5) is 0 Å². The highest BCUT2D eigenvalue weighted by molar-refractivity contribution is 8.00. The molecule has 40 heavy (non-hydrogen) atoms. The normalized spacial score (nSPS) is 21.6. The summed E-state index contributed by atoms with van der Waals surface area (Å²) in [5.41, 5.74) is 2.43. The maximum Gasteiger partial charge on any atom is 0.330 e. The lowest BCUT2D eigenvalue weighted by atomic mass is 9.93. The van der Waals surface area contributed by atoms with Gasteiger partial charge in [-0.25, -0.2) is 4.79 Å². The lowest BCUT2D eigenvalue weighted by Gasteiger charge is -2.54. The lowest BCUT2D eigenvalue weighted by Crippen LogP contribution is -2.76. The molecule has 8 nitrogen and oxygen atoms in total.